The second kappa shape index (κ2) is 24.0. The number of pyridine rings is 3. The van der Waals surface area contributed by atoms with Gasteiger partial charge in [0.15, 0.2) is 0 Å². The van der Waals surface area contributed by atoms with Crippen molar-refractivity contribution >= 4 is 69.8 Å². The highest BCUT2D eigenvalue weighted by Gasteiger charge is 2.26. The summed E-state index contributed by atoms with van der Waals surface area (Å²) in [6.45, 7) is 11.1. The summed E-state index contributed by atoms with van der Waals surface area (Å²) in [5, 5.41) is 11.0. The molecule has 4 fully saturated rings. The van der Waals surface area contributed by atoms with Gasteiger partial charge in [0.25, 0.3) is 0 Å². The summed E-state index contributed by atoms with van der Waals surface area (Å²) in [5.74, 6) is 0.906. The molecule has 0 amide bonds. The standard InChI is InChI=1S/C33H35N5O3S2.C26H28N4O2S2/c1-40-28-7-10-34-20-22(28)21-37-11-8-23(9-12-37)35-24-5-6-29-31(17-24)42-30-4-2-3-26(33(30)43-29)27-18-25(19-32(39)36-27)38-13-15-41-16-14-38;31-25-16-19(30-10-12-32-13-11-30)15-21(29-25)20-2-1-3-23-26(20)34-22-5-4-18(14-24(22)33-23)28-17-6-8-27-9-7-17/h2-7,10,17-20,23,35H,8-9,11-16,21H2,1H3,(H,36,39);1-5,14-17,27-28H,6-13H2,(H,29,31). The van der Waals surface area contributed by atoms with Crippen LogP contribution in [0.15, 0.2) is 164 Å². The molecule has 0 radical (unpaired) electrons. The number of nitrogens with one attached hydrogen (secondary N) is 5. The minimum Gasteiger partial charge on any atom is -0.496 e. The molecule has 0 atom stereocenters. The van der Waals surface area contributed by atoms with E-state index in [0.717, 1.165) is 130 Å². The maximum Gasteiger partial charge on any atom is 0.250 e. The first-order valence-electron chi connectivity index (χ1n) is 26.7. The van der Waals surface area contributed by atoms with Crippen LogP contribution < -0.4 is 41.6 Å². The Hall–Kier alpha value is -5.83. The Balaban J connectivity index is 0.000000159. The Bertz CT molecular complexity index is 3350. The van der Waals surface area contributed by atoms with E-state index in [-0.39, 0.29) is 11.1 Å². The van der Waals surface area contributed by atoms with Gasteiger partial charge in [0, 0.05) is 161 Å². The van der Waals surface area contributed by atoms with E-state index >= 15 is 0 Å². The Morgan fingerprint density at radius 3 is 1.62 bits per heavy atom. The number of hydrogen-bond donors (Lipinski definition) is 5. The van der Waals surface area contributed by atoms with Gasteiger partial charge in [0.2, 0.25) is 11.1 Å². The van der Waals surface area contributed by atoms with E-state index in [2.05, 4.69) is 131 Å². The molecule has 77 heavy (non-hydrogen) atoms. The minimum absolute atomic E-state index is 0.0703. The third-order valence-corrected chi connectivity index (χ3v) is 20.0. The number of likely N-dealkylation sites (tertiary alicyclic amines) is 1. The second-order valence-electron chi connectivity index (χ2n) is 20.0. The summed E-state index contributed by atoms with van der Waals surface area (Å²) in [5.41, 5.74) is 9.12. The Labute approximate surface area is 466 Å². The summed E-state index contributed by atoms with van der Waals surface area (Å²) in [6.07, 6.45) is 8.19. The summed E-state index contributed by atoms with van der Waals surface area (Å²) < 4.78 is 16.5. The van der Waals surface area contributed by atoms with Crippen molar-refractivity contribution in [3.63, 3.8) is 0 Å². The summed E-state index contributed by atoms with van der Waals surface area (Å²) >= 11 is 7.19. The van der Waals surface area contributed by atoms with Crippen LogP contribution in [0, 0.1) is 0 Å². The number of morpholine rings is 2. The number of nitrogens with zero attached hydrogens (tertiary/aromatic N) is 4. The monoisotopic (exact) mass is 1110 g/mol. The van der Waals surface area contributed by atoms with Crippen LogP contribution in [0.25, 0.3) is 22.5 Å². The van der Waals surface area contributed by atoms with Crippen LogP contribution in [0.2, 0.25) is 0 Å². The zero-order valence-corrected chi connectivity index (χ0v) is 46.4. The smallest absolute Gasteiger partial charge is 0.250 e. The number of piperidine rings is 2. The Morgan fingerprint density at radius 2 is 1.10 bits per heavy atom. The van der Waals surface area contributed by atoms with Crippen molar-refractivity contribution in [2.75, 3.05) is 106 Å². The summed E-state index contributed by atoms with van der Waals surface area (Å²) in [4.78, 5) is 52.5. The molecular formula is C59H63N9O5S4. The molecule has 9 heterocycles. The molecule has 0 bridgehead atoms. The number of fused-ring (bicyclic) bond motifs is 4. The number of aromatic nitrogens is 3. The van der Waals surface area contributed by atoms with E-state index in [1.165, 1.54) is 50.5 Å². The average Bonchev–Trinajstić information content (AvgIpc) is 3.47. The number of H-pyrrole nitrogens is 2. The van der Waals surface area contributed by atoms with Gasteiger partial charge in [-0.1, -0.05) is 71.3 Å². The number of methoxy groups -OCH3 is 1. The van der Waals surface area contributed by atoms with Crippen LogP contribution in [-0.2, 0) is 16.0 Å². The van der Waals surface area contributed by atoms with E-state index < -0.39 is 0 Å². The van der Waals surface area contributed by atoms with Gasteiger partial charge in [-0.05, 0) is 106 Å². The van der Waals surface area contributed by atoms with Crippen LogP contribution in [0.4, 0.5) is 22.7 Å². The van der Waals surface area contributed by atoms with E-state index in [0.29, 0.717) is 38.5 Å². The normalized spacial score (nSPS) is 17.7. The van der Waals surface area contributed by atoms with E-state index in [1.54, 1.807) is 60.7 Å². The maximum absolute atomic E-state index is 12.7. The molecule has 6 aliphatic heterocycles. The number of hydrogen-bond acceptors (Lipinski definition) is 16. The molecule has 0 saturated carbocycles. The average molecular weight is 1110 g/mol. The van der Waals surface area contributed by atoms with Gasteiger partial charge in [-0.25, -0.2) is 0 Å². The SMILES string of the molecule is COc1ccncc1CN1CCC(Nc2ccc3c(c2)Sc2cccc(-c4cc(N5CCOCC5)cc(=O)[nH]4)c2S3)CC1.O=c1cc(N2CCOCC2)cc(-c2cccc3c2Sc2ccc(NC4CCNCC4)cc2S3)[nH]1. The Morgan fingerprint density at radius 1 is 0.584 bits per heavy atom. The van der Waals surface area contributed by atoms with Gasteiger partial charge in [0.1, 0.15) is 5.75 Å². The molecule has 4 aromatic carbocycles. The molecule has 0 spiro atoms. The van der Waals surface area contributed by atoms with Gasteiger partial charge in [-0.3, -0.25) is 19.5 Å². The van der Waals surface area contributed by atoms with Crippen molar-refractivity contribution in [3.05, 3.63) is 142 Å². The topological polar surface area (TPSA) is 152 Å². The minimum atomic E-state index is -0.0798. The zero-order valence-electron chi connectivity index (χ0n) is 43.1. The third kappa shape index (κ3) is 12.2. The van der Waals surface area contributed by atoms with Gasteiger partial charge >= 0.3 is 0 Å². The van der Waals surface area contributed by atoms with Crippen molar-refractivity contribution in [2.45, 2.75) is 83.5 Å². The highest BCUT2D eigenvalue weighted by molar-refractivity contribution is 8.05. The zero-order chi connectivity index (χ0) is 52.1. The summed E-state index contributed by atoms with van der Waals surface area (Å²) in [6, 6.07) is 36.7. The predicted molar refractivity (Wildman–Crippen MR) is 313 cm³/mol. The molecule has 18 heteroatoms. The molecule has 3 aromatic heterocycles. The molecule has 4 saturated heterocycles. The Kier molecular flexibility index (Phi) is 16.2. The van der Waals surface area contributed by atoms with Crippen LogP contribution in [0.1, 0.15) is 31.2 Å². The summed E-state index contributed by atoms with van der Waals surface area (Å²) in [7, 11) is 1.72. The van der Waals surface area contributed by atoms with Crippen molar-refractivity contribution in [2.24, 2.45) is 0 Å². The lowest BCUT2D eigenvalue weighted by molar-refractivity contribution is 0.122. The molecule has 6 aliphatic rings. The second-order valence-corrected chi connectivity index (χ2v) is 24.3. The lowest BCUT2D eigenvalue weighted by Gasteiger charge is -2.33. The first-order chi connectivity index (χ1) is 37.8. The van der Waals surface area contributed by atoms with Crippen molar-refractivity contribution in [1.82, 2.24) is 25.2 Å². The van der Waals surface area contributed by atoms with Gasteiger partial charge in [-0.2, -0.15) is 0 Å². The first-order valence-corrected chi connectivity index (χ1v) is 30.0. The van der Waals surface area contributed by atoms with E-state index in [9.17, 15) is 9.59 Å². The highest BCUT2D eigenvalue weighted by atomic mass is 32.2. The molecule has 398 valence electrons. The fourth-order valence-corrected chi connectivity index (χ4v) is 15.6. The fourth-order valence-electron chi connectivity index (χ4n) is 10.8. The van der Waals surface area contributed by atoms with Crippen LogP contribution in [0.5, 0.6) is 5.75 Å². The van der Waals surface area contributed by atoms with Crippen molar-refractivity contribution in [3.8, 4) is 28.3 Å². The van der Waals surface area contributed by atoms with Crippen LogP contribution >= 0.6 is 47.0 Å². The third-order valence-electron chi connectivity index (χ3n) is 14.8. The highest BCUT2D eigenvalue weighted by Crippen LogP contribution is 2.54. The van der Waals surface area contributed by atoms with Gasteiger partial charge in [-0.15, -0.1) is 0 Å². The number of rotatable bonds is 11. The lowest BCUT2D eigenvalue weighted by Crippen LogP contribution is -2.38. The number of benzene rings is 4. The number of anilines is 4. The quantitative estimate of drug-likeness (QED) is 0.0835. The van der Waals surface area contributed by atoms with E-state index in [4.69, 9.17) is 14.2 Å². The van der Waals surface area contributed by atoms with E-state index in [1.807, 2.05) is 24.0 Å². The van der Waals surface area contributed by atoms with Gasteiger partial charge < -0.3 is 49.9 Å². The van der Waals surface area contributed by atoms with Crippen LogP contribution in [0.3, 0.4) is 0 Å². The molecule has 5 N–H and O–H groups in total. The maximum atomic E-state index is 12.7. The molecule has 0 aliphatic carbocycles. The van der Waals surface area contributed by atoms with Crippen LogP contribution in [-0.4, -0.2) is 118 Å². The molecule has 13 rings (SSSR count). The number of aromatic amines is 2. The largest absolute Gasteiger partial charge is 0.496 e. The van der Waals surface area contributed by atoms with Crippen molar-refractivity contribution in [1.29, 1.82) is 0 Å². The number of ether oxygens (including phenoxy) is 3. The predicted octanol–water partition coefficient (Wildman–Crippen LogP) is 10.6. The van der Waals surface area contributed by atoms with Gasteiger partial charge in [0.05, 0.1) is 44.9 Å². The molecule has 0 unspecified atom stereocenters. The first kappa shape index (κ1) is 51.9. The molecule has 7 aromatic rings. The van der Waals surface area contributed by atoms with Crippen molar-refractivity contribution < 1.29 is 14.2 Å². The molecule has 14 nitrogen and oxygen atoms in total. The molecular weight excluding hydrogens is 1040 g/mol. The fraction of sp³-hybridized carbons (Fsp3) is 0.339. The lowest BCUT2D eigenvalue weighted by atomic mass is 10.0.